The molecule has 1 N–H and O–H groups in total. The number of carbonyl (C=O) groups excluding carboxylic acids is 1. The van der Waals surface area contributed by atoms with Gasteiger partial charge in [0.2, 0.25) is 0 Å². The summed E-state index contributed by atoms with van der Waals surface area (Å²) in [5, 5.41) is 7.65. The Morgan fingerprint density at radius 3 is 2.81 bits per heavy atom. The predicted molar refractivity (Wildman–Crippen MR) is 80.6 cm³/mol. The van der Waals surface area contributed by atoms with Crippen molar-refractivity contribution >= 4 is 5.91 Å². The van der Waals surface area contributed by atoms with E-state index < -0.39 is 0 Å². The molecule has 1 heterocycles. The molecular formula is C17H19N3O. The van der Waals surface area contributed by atoms with E-state index >= 15 is 0 Å². The second-order valence-corrected chi connectivity index (χ2v) is 6.03. The Morgan fingerprint density at radius 1 is 1.24 bits per heavy atom. The first-order chi connectivity index (χ1) is 10.3. The lowest BCUT2D eigenvalue weighted by Crippen LogP contribution is -2.26. The van der Waals surface area contributed by atoms with E-state index in [2.05, 4.69) is 10.4 Å². The third-order valence-corrected chi connectivity index (χ3v) is 4.39. The van der Waals surface area contributed by atoms with E-state index in [9.17, 15) is 4.79 Å². The van der Waals surface area contributed by atoms with Crippen LogP contribution >= 0.6 is 0 Å². The minimum absolute atomic E-state index is 0.00488. The van der Waals surface area contributed by atoms with Crippen molar-refractivity contribution < 1.29 is 4.79 Å². The fourth-order valence-electron chi connectivity index (χ4n) is 3.05. The molecule has 0 radical (unpaired) electrons. The Balaban J connectivity index is 1.66. The lowest BCUT2D eigenvalue weighted by Gasteiger charge is -2.05. The minimum atomic E-state index is -0.00488. The first-order valence-corrected chi connectivity index (χ1v) is 7.77. The van der Waals surface area contributed by atoms with Crippen LogP contribution in [0.15, 0.2) is 30.3 Å². The highest BCUT2D eigenvalue weighted by Gasteiger charge is 2.28. The zero-order valence-corrected chi connectivity index (χ0v) is 12.0. The van der Waals surface area contributed by atoms with Gasteiger partial charge in [-0.3, -0.25) is 4.79 Å². The second kappa shape index (κ2) is 5.02. The van der Waals surface area contributed by atoms with Gasteiger partial charge < -0.3 is 5.32 Å². The fourth-order valence-corrected chi connectivity index (χ4v) is 3.05. The molecule has 0 unspecified atom stereocenters. The summed E-state index contributed by atoms with van der Waals surface area (Å²) >= 11 is 0. The van der Waals surface area contributed by atoms with Crippen LogP contribution in [0.4, 0.5) is 0 Å². The van der Waals surface area contributed by atoms with Gasteiger partial charge in [0.25, 0.3) is 5.91 Å². The van der Waals surface area contributed by atoms with Gasteiger partial charge >= 0.3 is 0 Å². The van der Waals surface area contributed by atoms with Crippen LogP contribution in [0.2, 0.25) is 0 Å². The largest absolute Gasteiger partial charge is 0.350 e. The SMILES string of the molecule is O=C(NCC1CC1)c1nn(-c2ccccc2)c2c1CCC2. The van der Waals surface area contributed by atoms with Gasteiger partial charge in [0, 0.05) is 17.8 Å². The molecule has 0 atom stereocenters. The second-order valence-electron chi connectivity index (χ2n) is 6.03. The van der Waals surface area contributed by atoms with Gasteiger partial charge in [-0.05, 0) is 50.2 Å². The average Bonchev–Trinajstić information content (AvgIpc) is 3.09. The number of aromatic nitrogens is 2. The molecule has 4 rings (SSSR count). The van der Waals surface area contributed by atoms with E-state index in [1.165, 1.54) is 18.5 Å². The molecule has 21 heavy (non-hydrogen) atoms. The van der Waals surface area contributed by atoms with Crippen LogP contribution in [0.25, 0.3) is 5.69 Å². The number of fused-ring (bicyclic) bond motifs is 1. The van der Waals surface area contributed by atoms with E-state index in [0.717, 1.165) is 37.1 Å². The number of amides is 1. The molecule has 0 saturated heterocycles. The summed E-state index contributed by atoms with van der Waals surface area (Å²) in [7, 11) is 0. The van der Waals surface area contributed by atoms with Crippen molar-refractivity contribution in [1.82, 2.24) is 15.1 Å². The first kappa shape index (κ1) is 12.6. The van der Waals surface area contributed by atoms with Gasteiger partial charge in [-0.2, -0.15) is 5.10 Å². The molecule has 4 nitrogen and oxygen atoms in total. The quantitative estimate of drug-likeness (QED) is 0.936. The Labute approximate surface area is 124 Å². The lowest BCUT2D eigenvalue weighted by atomic mass is 10.2. The summed E-state index contributed by atoms with van der Waals surface area (Å²) in [6, 6.07) is 10.1. The van der Waals surface area contributed by atoms with Crippen LogP contribution in [0, 0.1) is 5.92 Å². The molecule has 1 saturated carbocycles. The number of hydrogen-bond acceptors (Lipinski definition) is 2. The number of carbonyl (C=O) groups is 1. The van der Waals surface area contributed by atoms with Gasteiger partial charge in [-0.15, -0.1) is 0 Å². The highest BCUT2D eigenvalue weighted by Crippen LogP contribution is 2.29. The zero-order valence-electron chi connectivity index (χ0n) is 12.0. The van der Waals surface area contributed by atoms with Crippen LogP contribution in [0.3, 0.4) is 0 Å². The molecule has 2 aromatic rings. The van der Waals surface area contributed by atoms with Gasteiger partial charge in [0.15, 0.2) is 5.69 Å². The topological polar surface area (TPSA) is 46.9 Å². The van der Waals surface area contributed by atoms with Gasteiger partial charge in [-0.25, -0.2) is 4.68 Å². The molecule has 0 bridgehead atoms. The smallest absolute Gasteiger partial charge is 0.272 e. The van der Waals surface area contributed by atoms with Crippen LogP contribution < -0.4 is 5.32 Å². The molecule has 1 aromatic heterocycles. The Morgan fingerprint density at radius 2 is 2.05 bits per heavy atom. The molecular weight excluding hydrogens is 262 g/mol. The normalized spacial score (nSPS) is 16.8. The van der Waals surface area contributed by atoms with Crippen LogP contribution in [-0.2, 0) is 12.8 Å². The Kier molecular flexibility index (Phi) is 3.02. The number of hydrogen-bond donors (Lipinski definition) is 1. The number of para-hydroxylation sites is 1. The van der Waals surface area contributed by atoms with Crippen molar-refractivity contribution in [1.29, 1.82) is 0 Å². The number of rotatable bonds is 4. The fraction of sp³-hybridized carbons (Fsp3) is 0.412. The van der Waals surface area contributed by atoms with E-state index in [0.29, 0.717) is 11.6 Å². The maximum absolute atomic E-state index is 12.4. The van der Waals surface area contributed by atoms with Crippen molar-refractivity contribution in [3.05, 3.63) is 47.3 Å². The van der Waals surface area contributed by atoms with Gasteiger partial charge in [0.05, 0.1) is 5.69 Å². The van der Waals surface area contributed by atoms with E-state index in [-0.39, 0.29) is 5.91 Å². The molecule has 1 amide bonds. The Bertz CT molecular complexity index is 671. The van der Waals surface area contributed by atoms with Crippen molar-refractivity contribution in [2.75, 3.05) is 6.54 Å². The third-order valence-electron chi connectivity index (χ3n) is 4.39. The van der Waals surface area contributed by atoms with Gasteiger partial charge in [-0.1, -0.05) is 18.2 Å². The molecule has 2 aliphatic rings. The Hall–Kier alpha value is -2.10. The lowest BCUT2D eigenvalue weighted by molar-refractivity contribution is 0.0945. The summed E-state index contributed by atoms with van der Waals surface area (Å²) in [5.41, 5.74) is 4.02. The van der Waals surface area contributed by atoms with E-state index in [1.807, 2.05) is 35.0 Å². The summed E-state index contributed by atoms with van der Waals surface area (Å²) < 4.78 is 1.95. The molecule has 1 aromatic carbocycles. The van der Waals surface area contributed by atoms with Gasteiger partial charge in [0.1, 0.15) is 0 Å². The maximum atomic E-state index is 12.4. The van der Waals surface area contributed by atoms with Crippen molar-refractivity contribution in [2.24, 2.45) is 5.92 Å². The summed E-state index contributed by atoms with van der Waals surface area (Å²) in [6.07, 6.45) is 5.58. The van der Waals surface area contributed by atoms with Crippen LogP contribution in [0.5, 0.6) is 0 Å². The molecule has 1 fully saturated rings. The zero-order chi connectivity index (χ0) is 14.2. The summed E-state index contributed by atoms with van der Waals surface area (Å²) in [6.45, 7) is 0.797. The standard InChI is InChI=1S/C17H19N3O/c21-17(18-11-12-9-10-12)16-14-7-4-8-15(14)20(19-16)13-5-2-1-3-6-13/h1-3,5-6,12H,4,7-11H2,(H,18,21). The monoisotopic (exact) mass is 281 g/mol. The van der Waals surface area contributed by atoms with Crippen LogP contribution in [-0.4, -0.2) is 22.2 Å². The molecule has 4 heteroatoms. The van der Waals surface area contributed by atoms with E-state index in [4.69, 9.17) is 0 Å². The maximum Gasteiger partial charge on any atom is 0.272 e. The number of benzene rings is 1. The van der Waals surface area contributed by atoms with Crippen molar-refractivity contribution in [3.63, 3.8) is 0 Å². The molecule has 108 valence electrons. The predicted octanol–water partition coefficient (Wildman–Crippen LogP) is 2.50. The molecule has 2 aliphatic carbocycles. The molecule has 0 aliphatic heterocycles. The summed E-state index contributed by atoms with van der Waals surface area (Å²) in [5.74, 6) is 0.688. The van der Waals surface area contributed by atoms with E-state index in [1.54, 1.807) is 0 Å². The average molecular weight is 281 g/mol. The number of nitrogens with one attached hydrogen (secondary N) is 1. The minimum Gasteiger partial charge on any atom is -0.350 e. The first-order valence-electron chi connectivity index (χ1n) is 7.77. The highest BCUT2D eigenvalue weighted by atomic mass is 16.1. The third kappa shape index (κ3) is 2.35. The summed E-state index contributed by atoms with van der Waals surface area (Å²) in [4.78, 5) is 12.4. The van der Waals surface area contributed by atoms with Crippen LogP contribution in [0.1, 0.15) is 41.0 Å². The number of nitrogens with zero attached hydrogens (tertiary/aromatic N) is 2. The highest BCUT2D eigenvalue weighted by molar-refractivity contribution is 5.94. The molecule has 0 spiro atoms. The van der Waals surface area contributed by atoms with Crippen molar-refractivity contribution in [3.8, 4) is 5.69 Å². The van der Waals surface area contributed by atoms with Crippen molar-refractivity contribution in [2.45, 2.75) is 32.1 Å².